The third-order valence-electron chi connectivity index (χ3n) is 4.69. The fourth-order valence-corrected chi connectivity index (χ4v) is 3.43. The molecule has 2 heteroatoms. The van der Waals surface area contributed by atoms with Crippen LogP contribution in [0.1, 0.15) is 62.7 Å². The maximum Gasteiger partial charge on any atom is 0.123 e. The highest BCUT2D eigenvalue weighted by molar-refractivity contribution is 5.43. The van der Waals surface area contributed by atoms with Gasteiger partial charge in [0.2, 0.25) is 0 Å². The van der Waals surface area contributed by atoms with Gasteiger partial charge < -0.3 is 9.84 Å². The smallest absolute Gasteiger partial charge is 0.123 e. The lowest BCUT2D eigenvalue weighted by molar-refractivity contribution is 0.129. The molecule has 0 saturated heterocycles. The normalized spacial score (nSPS) is 30.7. The van der Waals surface area contributed by atoms with E-state index in [1.54, 1.807) is 0 Å². The molecule has 1 fully saturated rings. The molecule has 0 aromatic heterocycles. The molecule has 0 spiro atoms. The van der Waals surface area contributed by atoms with Gasteiger partial charge in [-0.05, 0) is 68.1 Å². The lowest BCUT2D eigenvalue weighted by Crippen LogP contribution is -2.24. The quantitative estimate of drug-likeness (QED) is 0.870. The first-order valence-electron chi connectivity index (χ1n) is 7.70. The highest BCUT2D eigenvalue weighted by Crippen LogP contribution is 2.37. The summed E-state index contributed by atoms with van der Waals surface area (Å²) < 4.78 is 6.24. The van der Waals surface area contributed by atoms with Crippen LogP contribution < -0.4 is 4.74 Å². The van der Waals surface area contributed by atoms with Gasteiger partial charge in [-0.15, -0.1) is 0 Å². The maximum atomic E-state index is 10.1. The van der Waals surface area contributed by atoms with Gasteiger partial charge in [0.15, 0.2) is 0 Å². The Kier molecular flexibility index (Phi) is 3.79. The van der Waals surface area contributed by atoms with E-state index in [1.165, 1.54) is 31.2 Å². The van der Waals surface area contributed by atoms with Crippen molar-refractivity contribution in [3.8, 4) is 5.75 Å². The van der Waals surface area contributed by atoms with Crippen molar-refractivity contribution in [1.82, 2.24) is 0 Å². The molecule has 0 bridgehead atoms. The van der Waals surface area contributed by atoms with E-state index in [4.69, 9.17) is 4.74 Å². The molecule has 3 rings (SSSR count). The van der Waals surface area contributed by atoms with Gasteiger partial charge in [0, 0.05) is 0 Å². The van der Waals surface area contributed by atoms with Crippen LogP contribution >= 0.6 is 0 Å². The number of hydrogen-bond acceptors (Lipinski definition) is 2. The molecule has 0 amide bonds. The minimum atomic E-state index is -0.293. The minimum absolute atomic E-state index is 0.293. The Morgan fingerprint density at radius 1 is 1.11 bits per heavy atom. The summed E-state index contributed by atoms with van der Waals surface area (Å²) in [6.07, 6.45) is 7.99. The molecule has 1 aromatic carbocycles. The summed E-state index contributed by atoms with van der Waals surface area (Å²) in [4.78, 5) is 0. The average Bonchev–Trinajstić information content (AvgIpc) is 2.43. The Morgan fingerprint density at radius 3 is 2.68 bits per heavy atom. The zero-order chi connectivity index (χ0) is 13.2. The lowest BCUT2D eigenvalue weighted by atomic mass is 9.87. The van der Waals surface area contributed by atoms with E-state index in [9.17, 15) is 5.11 Å². The van der Waals surface area contributed by atoms with E-state index in [0.29, 0.717) is 6.10 Å². The zero-order valence-electron chi connectivity index (χ0n) is 11.8. The summed E-state index contributed by atoms with van der Waals surface area (Å²) >= 11 is 0. The number of benzene rings is 1. The van der Waals surface area contributed by atoms with Gasteiger partial charge in [-0.3, -0.25) is 0 Å². The standard InChI is InChI=1S/C17H24O2/c1-12-8-10-13(11-9-12)19-17-7-3-4-14-15(17)5-2-6-16(14)18/h3-4,7,12-13,16,18H,2,5-6,8-11H2,1H3. The first-order valence-corrected chi connectivity index (χ1v) is 7.70. The van der Waals surface area contributed by atoms with Crippen LogP contribution in [0, 0.1) is 5.92 Å². The molecule has 0 aliphatic heterocycles. The lowest BCUT2D eigenvalue weighted by Gasteiger charge is -2.29. The molecule has 1 unspecified atom stereocenters. The van der Waals surface area contributed by atoms with Gasteiger partial charge in [0.25, 0.3) is 0 Å². The number of fused-ring (bicyclic) bond motifs is 1. The number of ether oxygens (including phenoxy) is 1. The number of hydrogen-bond donors (Lipinski definition) is 1. The van der Waals surface area contributed by atoms with Crippen LogP contribution in [-0.2, 0) is 6.42 Å². The predicted molar refractivity (Wildman–Crippen MR) is 76.4 cm³/mol. The maximum absolute atomic E-state index is 10.1. The van der Waals surface area contributed by atoms with E-state index >= 15 is 0 Å². The van der Waals surface area contributed by atoms with Crippen molar-refractivity contribution in [1.29, 1.82) is 0 Å². The zero-order valence-corrected chi connectivity index (χ0v) is 11.8. The van der Waals surface area contributed by atoms with Crippen LogP contribution in [0.3, 0.4) is 0 Å². The van der Waals surface area contributed by atoms with Gasteiger partial charge in [-0.1, -0.05) is 19.1 Å². The first-order chi connectivity index (χ1) is 9.24. The van der Waals surface area contributed by atoms with Crippen molar-refractivity contribution in [3.05, 3.63) is 29.3 Å². The largest absolute Gasteiger partial charge is 0.490 e. The van der Waals surface area contributed by atoms with Gasteiger partial charge in [-0.25, -0.2) is 0 Å². The number of aliphatic hydroxyl groups excluding tert-OH is 1. The molecule has 1 saturated carbocycles. The van der Waals surface area contributed by atoms with Crippen molar-refractivity contribution in [2.24, 2.45) is 5.92 Å². The summed E-state index contributed by atoms with van der Waals surface area (Å²) in [6.45, 7) is 2.33. The SMILES string of the molecule is CC1CCC(Oc2cccc3c2CCCC3O)CC1. The molecule has 0 radical (unpaired) electrons. The van der Waals surface area contributed by atoms with Crippen LogP contribution in [0.4, 0.5) is 0 Å². The van der Waals surface area contributed by atoms with E-state index < -0.39 is 0 Å². The third-order valence-corrected chi connectivity index (χ3v) is 4.69. The van der Waals surface area contributed by atoms with Crippen molar-refractivity contribution >= 4 is 0 Å². The fourth-order valence-electron chi connectivity index (χ4n) is 3.43. The van der Waals surface area contributed by atoms with Crippen LogP contribution in [-0.4, -0.2) is 11.2 Å². The van der Waals surface area contributed by atoms with Crippen molar-refractivity contribution in [2.45, 2.75) is 64.1 Å². The van der Waals surface area contributed by atoms with Crippen molar-refractivity contribution in [2.75, 3.05) is 0 Å². The second-order valence-corrected chi connectivity index (χ2v) is 6.23. The Hall–Kier alpha value is -1.02. The average molecular weight is 260 g/mol. The summed E-state index contributed by atoms with van der Waals surface area (Å²) in [6, 6.07) is 6.15. The summed E-state index contributed by atoms with van der Waals surface area (Å²) in [5, 5.41) is 10.1. The highest BCUT2D eigenvalue weighted by atomic mass is 16.5. The Bertz CT molecular complexity index is 433. The predicted octanol–water partition coefficient (Wildman–Crippen LogP) is 4.01. The van der Waals surface area contributed by atoms with Gasteiger partial charge in [0.05, 0.1) is 12.2 Å². The monoisotopic (exact) mass is 260 g/mol. The molecular formula is C17H24O2. The molecule has 2 nitrogen and oxygen atoms in total. The highest BCUT2D eigenvalue weighted by Gasteiger charge is 2.24. The van der Waals surface area contributed by atoms with Crippen LogP contribution in [0.5, 0.6) is 5.75 Å². The molecule has 1 aromatic rings. The Morgan fingerprint density at radius 2 is 1.89 bits per heavy atom. The van der Waals surface area contributed by atoms with Crippen molar-refractivity contribution < 1.29 is 9.84 Å². The van der Waals surface area contributed by atoms with Crippen LogP contribution in [0.2, 0.25) is 0 Å². The molecule has 104 valence electrons. The molecule has 0 heterocycles. The van der Waals surface area contributed by atoms with E-state index in [0.717, 1.165) is 36.5 Å². The van der Waals surface area contributed by atoms with E-state index in [-0.39, 0.29) is 6.10 Å². The van der Waals surface area contributed by atoms with Crippen LogP contribution in [0.15, 0.2) is 18.2 Å². The van der Waals surface area contributed by atoms with Gasteiger partial charge >= 0.3 is 0 Å². The molecule has 2 aliphatic rings. The topological polar surface area (TPSA) is 29.5 Å². The second-order valence-electron chi connectivity index (χ2n) is 6.23. The van der Waals surface area contributed by atoms with Gasteiger partial charge in [0.1, 0.15) is 5.75 Å². The Balaban J connectivity index is 1.76. The third kappa shape index (κ3) is 2.79. The first kappa shape index (κ1) is 13.0. The Labute approximate surface area is 115 Å². The molecule has 1 N–H and O–H groups in total. The molecule has 1 atom stereocenters. The number of rotatable bonds is 2. The minimum Gasteiger partial charge on any atom is -0.490 e. The summed E-state index contributed by atoms with van der Waals surface area (Å²) in [5.74, 6) is 1.88. The second kappa shape index (κ2) is 5.54. The molecule has 2 aliphatic carbocycles. The fraction of sp³-hybridized carbons (Fsp3) is 0.647. The summed E-state index contributed by atoms with van der Waals surface area (Å²) in [5.41, 5.74) is 2.34. The van der Waals surface area contributed by atoms with Gasteiger partial charge in [-0.2, -0.15) is 0 Å². The van der Waals surface area contributed by atoms with E-state index in [1.807, 2.05) is 6.07 Å². The van der Waals surface area contributed by atoms with Crippen LogP contribution in [0.25, 0.3) is 0 Å². The summed E-state index contributed by atoms with van der Waals surface area (Å²) in [7, 11) is 0. The van der Waals surface area contributed by atoms with E-state index in [2.05, 4.69) is 19.1 Å². The van der Waals surface area contributed by atoms with Crippen molar-refractivity contribution in [3.63, 3.8) is 0 Å². The molecular weight excluding hydrogens is 236 g/mol. The number of aliphatic hydroxyl groups is 1. The molecule has 19 heavy (non-hydrogen) atoms.